The van der Waals surface area contributed by atoms with E-state index in [-0.39, 0.29) is 39.3 Å². The molecule has 0 aliphatic heterocycles. The molecule has 0 aliphatic rings. The van der Waals surface area contributed by atoms with Crippen molar-refractivity contribution >= 4 is 31.6 Å². The summed E-state index contributed by atoms with van der Waals surface area (Å²) in [5.41, 5.74) is 0. The number of ether oxygens (including phenoxy) is 2. The van der Waals surface area contributed by atoms with E-state index in [4.69, 9.17) is 18.6 Å². The highest BCUT2D eigenvalue weighted by molar-refractivity contribution is 7.81. The lowest BCUT2D eigenvalue weighted by Gasteiger charge is -2.13. The summed E-state index contributed by atoms with van der Waals surface area (Å²) < 4.78 is 78.6. The van der Waals surface area contributed by atoms with E-state index in [0.29, 0.717) is 11.5 Å². The van der Waals surface area contributed by atoms with Crippen molar-refractivity contribution in [2.75, 3.05) is 26.4 Å². The first-order valence-corrected chi connectivity index (χ1v) is 10.9. The maximum atomic E-state index is 10.5. The highest BCUT2D eigenvalue weighted by Gasteiger charge is 2.09. The van der Waals surface area contributed by atoms with Gasteiger partial charge in [0.1, 0.15) is 11.5 Å². The predicted molar refractivity (Wildman–Crippen MR) is 99.2 cm³/mol. The summed E-state index contributed by atoms with van der Waals surface area (Å²) in [6.45, 7) is -0.0629. The molecule has 0 aliphatic carbocycles. The molecule has 0 unspecified atom stereocenters. The monoisotopic (exact) mass is 436 g/mol. The molecule has 0 amide bonds. The van der Waals surface area contributed by atoms with E-state index >= 15 is 0 Å². The van der Waals surface area contributed by atoms with Crippen molar-refractivity contribution in [1.82, 2.24) is 0 Å². The van der Waals surface area contributed by atoms with Gasteiger partial charge in [0.2, 0.25) is 0 Å². The normalized spacial score (nSPS) is 12.2. The van der Waals surface area contributed by atoms with Crippen LogP contribution in [-0.4, -0.2) is 52.4 Å². The fraction of sp³-hybridized carbons (Fsp3) is 0.375. The number of hydrogen-bond acceptors (Lipinski definition) is 8. The van der Waals surface area contributed by atoms with Gasteiger partial charge < -0.3 is 9.47 Å². The van der Waals surface area contributed by atoms with Crippen LogP contribution in [0.4, 0.5) is 0 Å². The molecule has 2 aromatic rings. The molecule has 0 fully saturated rings. The van der Waals surface area contributed by atoms with Gasteiger partial charge in [0.05, 0.1) is 26.4 Å². The van der Waals surface area contributed by atoms with Gasteiger partial charge in [-0.2, -0.15) is 16.8 Å². The van der Waals surface area contributed by atoms with Crippen LogP contribution < -0.4 is 9.47 Å². The van der Waals surface area contributed by atoms with Crippen LogP contribution in [0.2, 0.25) is 0 Å². The van der Waals surface area contributed by atoms with Crippen LogP contribution in [0.25, 0.3) is 10.8 Å². The summed E-state index contributed by atoms with van der Waals surface area (Å²) in [5, 5.41) is 1.54. The van der Waals surface area contributed by atoms with E-state index in [2.05, 4.69) is 8.37 Å². The van der Waals surface area contributed by atoms with E-state index in [1.807, 2.05) is 12.1 Å². The molecule has 12 heteroatoms. The third kappa shape index (κ3) is 7.96. The topological polar surface area (TPSA) is 146 Å². The Morgan fingerprint density at radius 1 is 0.643 bits per heavy atom. The summed E-state index contributed by atoms with van der Waals surface area (Å²) in [7, 11) is -8.92. The SMILES string of the molecule is O=S(=O)(O)OCCCOc1cccc2c(OCCCOS(=O)(=O)O)cccc12. The van der Waals surface area contributed by atoms with Crippen LogP contribution in [-0.2, 0) is 29.2 Å². The second kappa shape index (κ2) is 10.0. The largest absolute Gasteiger partial charge is 0.493 e. The standard InChI is InChI=1S/C16H20O10S2/c17-27(18,19)25-11-3-9-23-15-7-1-5-13-14(15)6-2-8-16(13)24-10-4-12-26-28(20,21)22/h1-2,5-8H,3-4,9-12H2,(H,17,18,19)(H,20,21,22). The van der Waals surface area contributed by atoms with E-state index in [0.717, 1.165) is 10.8 Å². The number of rotatable bonds is 12. The van der Waals surface area contributed by atoms with E-state index < -0.39 is 20.8 Å². The molecule has 0 atom stereocenters. The molecule has 28 heavy (non-hydrogen) atoms. The zero-order chi connectivity index (χ0) is 20.6. The molecule has 0 aromatic heterocycles. The molecule has 0 bridgehead atoms. The predicted octanol–water partition coefficient (Wildman–Crippen LogP) is 2.02. The Balaban J connectivity index is 1.94. The van der Waals surface area contributed by atoms with Crippen molar-refractivity contribution in [1.29, 1.82) is 0 Å². The summed E-state index contributed by atoms with van der Waals surface area (Å²) >= 11 is 0. The van der Waals surface area contributed by atoms with Crippen LogP contribution in [0.1, 0.15) is 12.8 Å². The second-order valence-electron chi connectivity index (χ2n) is 5.51. The zero-order valence-electron chi connectivity index (χ0n) is 14.7. The van der Waals surface area contributed by atoms with Gasteiger partial charge in [0.15, 0.2) is 0 Å². The average Bonchev–Trinajstić information content (AvgIpc) is 2.59. The smallest absolute Gasteiger partial charge is 0.397 e. The van der Waals surface area contributed by atoms with Gasteiger partial charge in [0, 0.05) is 23.6 Å². The van der Waals surface area contributed by atoms with Crippen molar-refractivity contribution in [3.05, 3.63) is 36.4 Å². The van der Waals surface area contributed by atoms with Crippen molar-refractivity contribution < 1.29 is 43.8 Å². The molecule has 0 saturated carbocycles. The summed E-state index contributed by atoms with van der Waals surface area (Å²) in [4.78, 5) is 0. The first-order valence-electron chi connectivity index (χ1n) is 8.17. The lowest BCUT2D eigenvalue weighted by Crippen LogP contribution is -2.09. The minimum atomic E-state index is -4.46. The molecular formula is C16H20O10S2. The molecule has 10 nitrogen and oxygen atoms in total. The van der Waals surface area contributed by atoms with Gasteiger partial charge in [-0.05, 0) is 12.1 Å². The van der Waals surface area contributed by atoms with Crippen molar-refractivity contribution in [3.8, 4) is 11.5 Å². The fourth-order valence-electron chi connectivity index (χ4n) is 2.31. The number of fused-ring (bicyclic) bond motifs is 1. The summed E-state index contributed by atoms with van der Waals surface area (Å²) in [6.07, 6.45) is 0.500. The van der Waals surface area contributed by atoms with Crippen LogP contribution in [0.5, 0.6) is 11.5 Å². The van der Waals surface area contributed by atoms with E-state index in [1.54, 1.807) is 24.3 Å². The van der Waals surface area contributed by atoms with Gasteiger partial charge in [-0.15, -0.1) is 0 Å². The molecule has 156 valence electrons. The summed E-state index contributed by atoms with van der Waals surface area (Å²) in [6, 6.07) is 10.7. The average molecular weight is 436 g/mol. The number of benzene rings is 2. The minimum Gasteiger partial charge on any atom is -0.493 e. The third-order valence-electron chi connectivity index (χ3n) is 3.40. The lowest BCUT2D eigenvalue weighted by atomic mass is 10.1. The van der Waals surface area contributed by atoms with Crippen molar-refractivity contribution in [2.45, 2.75) is 12.8 Å². The first kappa shape index (κ1) is 22.3. The Labute approximate surface area is 162 Å². The molecule has 0 spiro atoms. The molecule has 0 heterocycles. The lowest BCUT2D eigenvalue weighted by molar-refractivity contribution is 0.228. The molecule has 2 N–H and O–H groups in total. The van der Waals surface area contributed by atoms with E-state index in [1.165, 1.54) is 0 Å². The van der Waals surface area contributed by atoms with Gasteiger partial charge in [-0.1, -0.05) is 24.3 Å². The Morgan fingerprint density at radius 2 is 1.04 bits per heavy atom. The highest BCUT2D eigenvalue weighted by Crippen LogP contribution is 2.32. The maximum Gasteiger partial charge on any atom is 0.397 e. The Morgan fingerprint density at radius 3 is 1.39 bits per heavy atom. The summed E-state index contributed by atoms with van der Waals surface area (Å²) in [5.74, 6) is 1.12. The molecule has 2 rings (SSSR count). The van der Waals surface area contributed by atoms with Crippen molar-refractivity contribution in [3.63, 3.8) is 0 Å². The van der Waals surface area contributed by atoms with E-state index in [9.17, 15) is 16.8 Å². The van der Waals surface area contributed by atoms with Gasteiger partial charge in [0.25, 0.3) is 0 Å². The van der Waals surface area contributed by atoms with Gasteiger partial charge in [-0.25, -0.2) is 8.37 Å². The Hall–Kier alpha value is -1.96. The van der Waals surface area contributed by atoms with Gasteiger partial charge in [-0.3, -0.25) is 9.11 Å². The van der Waals surface area contributed by atoms with Crippen LogP contribution in [0, 0.1) is 0 Å². The third-order valence-corrected chi connectivity index (χ3v) is 4.33. The second-order valence-corrected chi connectivity index (χ2v) is 7.69. The highest BCUT2D eigenvalue weighted by atomic mass is 32.3. The Bertz CT molecular complexity index is 904. The zero-order valence-corrected chi connectivity index (χ0v) is 16.3. The van der Waals surface area contributed by atoms with Crippen LogP contribution in [0.15, 0.2) is 36.4 Å². The number of hydrogen-bond donors (Lipinski definition) is 2. The molecule has 0 saturated heterocycles. The van der Waals surface area contributed by atoms with Crippen LogP contribution >= 0.6 is 0 Å². The Kier molecular flexibility index (Phi) is 7.98. The van der Waals surface area contributed by atoms with Gasteiger partial charge >= 0.3 is 20.8 Å². The fourth-order valence-corrected chi connectivity index (χ4v) is 2.97. The molecule has 2 aromatic carbocycles. The van der Waals surface area contributed by atoms with Crippen molar-refractivity contribution in [2.24, 2.45) is 0 Å². The quantitative estimate of drug-likeness (QED) is 0.374. The van der Waals surface area contributed by atoms with Crippen LogP contribution in [0.3, 0.4) is 0 Å². The molecule has 0 radical (unpaired) electrons. The first-order chi connectivity index (χ1) is 13.2. The molecular weight excluding hydrogens is 416 g/mol. The minimum absolute atomic E-state index is 0.173. The maximum absolute atomic E-state index is 10.5.